The van der Waals surface area contributed by atoms with Gasteiger partial charge in [-0.1, -0.05) is 6.07 Å². The Kier molecular flexibility index (Phi) is 1.77. The molecule has 0 radical (unpaired) electrons. The van der Waals surface area contributed by atoms with Gasteiger partial charge in [0.1, 0.15) is 11.0 Å². The lowest BCUT2D eigenvalue weighted by Crippen LogP contribution is -1.83. The van der Waals surface area contributed by atoms with E-state index in [2.05, 4.69) is 28.0 Å². The van der Waals surface area contributed by atoms with Crippen molar-refractivity contribution in [3.63, 3.8) is 0 Å². The summed E-state index contributed by atoms with van der Waals surface area (Å²) < 4.78 is 0. The van der Waals surface area contributed by atoms with E-state index in [1.807, 2.05) is 25.1 Å². The highest BCUT2D eigenvalue weighted by molar-refractivity contribution is 7.80. The summed E-state index contributed by atoms with van der Waals surface area (Å²) in [4.78, 5) is 0. The quantitative estimate of drug-likeness (QED) is 0.657. The van der Waals surface area contributed by atoms with Gasteiger partial charge in [-0.25, -0.2) is 0 Å². The maximum absolute atomic E-state index is 4.34. The maximum Gasteiger partial charge on any atom is 0.113 e. The fourth-order valence-electron chi connectivity index (χ4n) is 1.12. The van der Waals surface area contributed by atoms with Crippen LogP contribution in [0.3, 0.4) is 0 Å². The van der Waals surface area contributed by atoms with Gasteiger partial charge in [0.25, 0.3) is 0 Å². The molecule has 4 heteroatoms. The Morgan fingerprint density at radius 1 is 1.33 bits per heavy atom. The lowest BCUT2D eigenvalue weighted by Gasteiger charge is -2.01. The molecule has 0 saturated carbocycles. The molecule has 0 aliphatic rings. The molecule has 3 nitrogen and oxygen atoms in total. The second-order valence-corrected chi connectivity index (χ2v) is 3.52. The zero-order chi connectivity index (χ0) is 8.55. The molecule has 0 amide bonds. The summed E-state index contributed by atoms with van der Waals surface area (Å²) >= 11 is 4.34. The molecule has 0 aliphatic heterocycles. The van der Waals surface area contributed by atoms with E-state index in [0.717, 1.165) is 11.0 Å². The maximum atomic E-state index is 4.34. The standard InChI is InChI=1S/C8H9N3S/c1-5(12)6-2-3-7-8(4-6)10-11-9-7/h2-5,12H,1H3,(H,9,10,11). The molecule has 0 bridgehead atoms. The molecule has 12 heavy (non-hydrogen) atoms. The molecule has 1 heterocycles. The first kappa shape index (κ1) is 7.61. The van der Waals surface area contributed by atoms with Gasteiger partial charge < -0.3 is 0 Å². The molecule has 2 aromatic rings. The highest BCUT2D eigenvalue weighted by atomic mass is 32.1. The minimum absolute atomic E-state index is 0.242. The van der Waals surface area contributed by atoms with Crippen molar-refractivity contribution in [2.24, 2.45) is 0 Å². The minimum Gasteiger partial charge on any atom is -0.197 e. The van der Waals surface area contributed by atoms with Gasteiger partial charge in [0.2, 0.25) is 0 Å². The fraction of sp³-hybridized carbons (Fsp3) is 0.250. The van der Waals surface area contributed by atoms with Crippen LogP contribution in [-0.2, 0) is 0 Å². The zero-order valence-corrected chi connectivity index (χ0v) is 7.55. The number of hydrogen-bond acceptors (Lipinski definition) is 3. The number of thiol groups is 1. The van der Waals surface area contributed by atoms with Gasteiger partial charge in [-0.2, -0.15) is 28.0 Å². The first-order valence-electron chi connectivity index (χ1n) is 3.76. The topological polar surface area (TPSA) is 41.6 Å². The Hall–Kier alpha value is -1.03. The normalized spacial score (nSPS) is 13.5. The van der Waals surface area contributed by atoms with Gasteiger partial charge in [0, 0.05) is 5.25 Å². The largest absolute Gasteiger partial charge is 0.197 e. The Balaban J connectivity index is 2.60. The molecule has 1 aromatic heterocycles. The van der Waals surface area contributed by atoms with E-state index in [0.29, 0.717) is 0 Å². The third-order valence-corrected chi connectivity index (χ3v) is 2.12. The van der Waals surface area contributed by atoms with Crippen molar-refractivity contribution in [3.8, 4) is 0 Å². The number of nitrogens with one attached hydrogen (secondary N) is 1. The molecule has 1 unspecified atom stereocenters. The van der Waals surface area contributed by atoms with Crippen LogP contribution in [0.1, 0.15) is 17.7 Å². The van der Waals surface area contributed by atoms with E-state index < -0.39 is 0 Å². The first-order chi connectivity index (χ1) is 5.77. The van der Waals surface area contributed by atoms with Crippen molar-refractivity contribution in [1.29, 1.82) is 0 Å². The molecular weight excluding hydrogens is 170 g/mol. The molecule has 0 fully saturated rings. The van der Waals surface area contributed by atoms with Crippen molar-refractivity contribution in [1.82, 2.24) is 15.4 Å². The smallest absolute Gasteiger partial charge is 0.113 e. The molecule has 0 saturated heterocycles. The summed E-state index contributed by atoms with van der Waals surface area (Å²) in [6.07, 6.45) is 0. The van der Waals surface area contributed by atoms with E-state index in [-0.39, 0.29) is 5.25 Å². The lowest BCUT2D eigenvalue weighted by molar-refractivity contribution is 0.959. The number of H-pyrrole nitrogens is 1. The Morgan fingerprint density at radius 2 is 2.08 bits per heavy atom. The number of fused-ring (bicyclic) bond motifs is 1. The number of aromatic amines is 1. The van der Waals surface area contributed by atoms with Gasteiger partial charge in [0.05, 0.1) is 0 Å². The molecule has 1 N–H and O–H groups in total. The summed E-state index contributed by atoms with van der Waals surface area (Å²) in [5.41, 5.74) is 2.96. The summed E-state index contributed by atoms with van der Waals surface area (Å²) in [6, 6.07) is 5.96. The SMILES string of the molecule is CC(S)c1ccc2n[nH]nc2c1. The average molecular weight is 179 g/mol. The third kappa shape index (κ3) is 1.18. The average Bonchev–Trinajstić information content (AvgIpc) is 2.49. The van der Waals surface area contributed by atoms with Crippen LogP contribution in [0.5, 0.6) is 0 Å². The number of aromatic nitrogens is 3. The van der Waals surface area contributed by atoms with Gasteiger partial charge in [-0.3, -0.25) is 0 Å². The highest BCUT2D eigenvalue weighted by Gasteiger charge is 2.02. The summed E-state index contributed by atoms with van der Waals surface area (Å²) in [5, 5.41) is 10.8. The van der Waals surface area contributed by atoms with E-state index in [1.54, 1.807) is 0 Å². The summed E-state index contributed by atoms with van der Waals surface area (Å²) in [6.45, 7) is 2.03. The lowest BCUT2D eigenvalue weighted by atomic mass is 10.1. The van der Waals surface area contributed by atoms with Crippen molar-refractivity contribution in [2.75, 3.05) is 0 Å². The van der Waals surface area contributed by atoms with Gasteiger partial charge in [-0.15, -0.1) is 0 Å². The van der Waals surface area contributed by atoms with Crippen molar-refractivity contribution < 1.29 is 0 Å². The fourth-order valence-corrected chi connectivity index (χ4v) is 1.28. The molecule has 0 aliphatic carbocycles. The number of rotatable bonds is 1. The minimum atomic E-state index is 0.242. The van der Waals surface area contributed by atoms with Crippen molar-refractivity contribution in [3.05, 3.63) is 23.8 Å². The molecule has 62 valence electrons. The Bertz CT molecular complexity index is 394. The van der Waals surface area contributed by atoms with Crippen LogP contribution in [0, 0.1) is 0 Å². The number of hydrogen-bond donors (Lipinski definition) is 2. The Morgan fingerprint density at radius 3 is 2.83 bits per heavy atom. The molecular formula is C8H9N3S. The predicted molar refractivity (Wildman–Crippen MR) is 51.3 cm³/mol. The van der Waals surface area contributed by atoms with E-state index >= 15 is 0 Å². The first-order valence-corrected chi connectivity index (χ1v) is 4.27. The molecule has 1 aromatic carbocycles. The van der Waals surface area contributed by atoms with Crippen LogP contribution in [0.2, 0.25) is 0 Å². The molecule has 0 spiro atoms. The second-order valence-electron chi connectivity index (χ2n) is 2.75. The van der Waals surface area contributed by atoms with Crippen LogP contribution < -0.4 is 0 Å². The van der Waals surface area contributed by atoms with Gasteiger partial charge >= 0.3 is 0 Å². The Labute approximate surface area is 75.6 Å². The highest BCUT2D eigenvalue weighted by Crippen LogP contribution is 2.21. The van der Waals surface area contributed by atoms with E-state index in [4.69, 9.17) is 0 Å². The zero-order valence-electron chi connectivity index (χ0n) is 6.65. The number of benzene rings is 1. The second kappa shape index (κ2) is 2.79. The van der Waals surface area contributed by atoms with Gasteiger partial charge in [0.15, 0.2) is 0 Å². The summed E-state index contributed by atoms with van der Waals surface area (Å²) in [5.74, 6) is 0. The monoisotopic (exact) mass is 179 g/mol. The van der Waals surface area contributed by atoms with Crippen LogP contribution in [0.4, 0.5) is 0 Å². The van der Waals surface area contributed by atoms with E-state index in [1.165, 1.54) is 5.56 Å². The van der Waals surface area contributed by atoms with Crippen molar-refractivity contribution in [2.45, 2.75) is 12.2 Å². The van der Waals surface area contributed by atoms with Crippen LogP contribution >= 0.6 is 12.6 Å². The van der Waals surface area contributed by atoms with Crippen LogP contribution in [0.25, 0.3) is 11.0 Å². The predicted octanol–water partition coefficient (Wildman–Crippen LogP) is 1.95. The third-order valence-electron chi connectivity index (χ3n) is 1.82. The summed E-state index contributed by atoms with van der Waals surface area (Å²) in [7, 11) is 0. The van der Waals surface area contributed by atoms with E-state index in [9.17, 15) is 0 Å². The van der Waals surface area contributed by atoms with Crippen LogP contribution in [0.15, 0.2) is 18.2 Å². The molecule has 1 atom stereocenters. The van der Waals surface area contributed by atoms with Crippen LogP contribution in [-0.4, -0.2) is 15.4 Å². The number of nitrogens with zero attached hydrogens (tertiary/aromatic N) is 2. The van der Waals surface area contributed by atoms with Crippen molar-refractivity contribution >= 4 is 23.7 Å². The van der Waals surface area contributed by atoms with Gasteiger partial charge in [-0.05, 0) is 24.6 Å². The molecule has 2 rings (SSSR count).